The highest BCUT2D eigenvalue weighted by molar-refractivity contribution is 9.10. The van der Waals surface area contributed by atoms with Crippen LogP contribution >= 0.6 is 15.9 Å². The number of benzene rings is 1. The number of hydrogen-bond donors (Lipinski definition) is 1. The summed E-state index contributed by atoms with van der Waals surface area (Å²) in [6.07, 6.45) is 1.73. The Morgan fingerprint density at radius 2 is 2.24 bits per heavy atom. The quantitative estimate of drug-likeness (QED) is 0.694. The van der Waals surface area contributed by atoms with Gasteiger partial charge in [0.25, 0.3) is 0 Å². The van der Waals surface area contributed by atoms with E-state index < -0.39 is 0 Å². The lowest BCUT2D eigenvalue weighted by Gasteiger charge is -1.93. The first-order chi connectivity index (χ1) is 8.13. The normalized spacial score (nSPS) is 11.2. The topological polar surface area (TPSA) is 82.8 Å². The van der Waals surface area contributed by atoms with Crippen molar-refractivity contribution < 1.29 is 4.42 Å². The highest BCUT2D eigenvalue weighted by Crippen LogP contribution is 2.29. The van der Waals surface area contributed by atoms with Gasteiger partial charge in [0.2, 0.25) is 5.89 Å². The number of hydrogen-bond acceptors (Lipinski definition) is 5. The summed E-state index contributed by atoms with van der Waals surface area (Å²) in [7, 11) is 1.78. The summed E-state index contributed by atoms with van der Waals surface area (Å²) in [5.74, 6) is 0.415. The average Bonchev–Trinajstić information content (AvgIpc) is 2.83. The van der Waals surface area contributed by atoms with E-state index in [-0.39, 0.29) is 0 Å². The second-order valence-corrected chi connectivity index (χ2v) is 4.56. The summed E-state index contributed by atoms with van der Waals surface area (Å²) >= 11 is 3.36. The fourth-order valence-electron chi connectivity index (χ4n) is 1.58. The minimum absolute atomic E-state index is 0.415. The van der Waals surface area contributed by atoms with Crippen LogP contribution in [0.25, 0.3) is 22.7 Å². The van der Waals surface area contributed by atoms with E-state index in [2.05, 4.69) is 31.2 Å². The van der Waals surface area contributed by atoms with Gasteiger partial charge in [-0.3, -0.25) is 4.68 Å². The zero-order chi connectivity index (χ0) is 12.0. The SMILES string of the molecule is Cn1cc(-c2nc3cc(Br)cc(N)c3o2)nn1. The molecular weight excluding hydrogens is 286 g/mol. The molecule has 1 aromatic carbocycles. The molecule has 17 heavy (non-hydrogen) atoms. The summed E-state index contributed by atoms with van der Waals surface area (Å²) in [5, 5.41) is 7.77. The first-order valence-corrected chi connectivity index (χ1v) is 5.65. The van der Waals surface area contributed by atoms with Crippen molar-refractivity contribution in [3.63, 3.8) is 0 Å². The molecule has 7 heteroatoms. The third-order valence-electron chi connectivity index (χ3n) is 2.31. The minimum atomic E-state index is 0.415. The number of nitrogens with two attached hydrogens (primary N) is 1. The monoisotopic (exact) mass is 293 g/mol. The number of rotatable bonds is 1. The third kappa shape index (κ3) is 1.68. The largest absolute Gasteiger partial charge is 0.432 e. The smallest absolute Gasteiger partial charge is 0.249 e. The standard InChI is InChI=1S/C10H8BrN5O/c1-16-4-8(14-15-16)10-13-7-3-5(11)2-6(12)9(7)17-10/h2-4H,12H2,1H3. The van der Waals surface area contributed by atoms with Gasteiger partial charge in [0.1, 0.15) is 5.52 Å². The molecule has 2 aromatic heterocycles. The number of fused-ring (bicyclic) bond motifs is 1. The van der Waals surface area contributed by atoms with Crippen LogP contribution in [0.15, 0.2) is 27.2 Å². The molecule has 86 valence electrons. The van der Waals surface area contributed by atoms with Crippen molar-refractivity contribution in [2.75, 3.05) is 5.73 Å². The van der Waals surface area contributed by atoms with Crippen LogP contribution in [0.1, 0.15) is 0 Å². The molecule has 0 aliphatic rings. The van der Waals surface area contributed by atoms with Crippen LogP contribution in [0.3, 0.4) is 0 Å². The first-order valence-electron chi connectivity index (χ1n) is 4.86. The Kier molecular flexibility index (Phi) is 2.15. The number of nitrogens with zero attached hydrogens (tertiary/aromatic N) is 4. The van der Waals surface area contributed by atoms with Crippen LogP contribution in [-0.2, 0) is 7.05 Å². The van der Waals surface area contributed by atoms with E-state index in [1.165, 1.54) is 0 Å². The van der Waals surface area contributed by atoms with Crippen molar-refractivity contribution in [1.82, 2.24) is 20.0 Å². The van der Waals surface area contributed by atoms with Gasteiger partial charge in [0.15, 0.2) is 11.3 Å². The molecule has 2 N–H and O–H groups in total. The van der Waals surface area contributed by atoms with Gasteiger partial charge in [-0.15, -0.1) is 5.10 Å². The van der Waals surface area contributed by atoms with E-state index in [1.807, 2.05) is 6.07 Å². The fourth-order valence-corrected chi connectivity index (χ4v) is 2.04. The maximum atomic E-state index is 5.85. The number of anilines is 1. The van der Waals surface area contributed by atoms with Crippen LogP contribution in [0.4, 0.5) is 5.69 Å². The Balaban J connectivity index is 2.23. The van der Waals surface area contributed by atoms with Gasteiger partial charge in [0.05, 0.1) is 11.9 Å². The maximum Gasteiger partial charge on any atom is 0.249 e. The van der Waals surface area contributed by atoms with E-state index in [0.29, 0.717) is 28.4 Å². The predicted octanol–water partition coefficient (Wildman–Crippen LogP) is 1.97. The number of nitrogen functional groups attached to an aromatic ring is 1. The van der Waals surface area contributed by atoms with Crippen molar-refractivity contribution in [1.29, 1.82) is 0 Å². The number of aromatic nitrogens is 4. The molecule has 0 aliphatic carbocycles. The first kappa shape index (κ1) is 10.3. The molecule has 0 radical (unpaired) electrons. The Morgan fingerprint density at radius 1 is 1.41 bits per heavy atom. The second kappa shape index (κ2) is 3.56. The summed E-state index contributed by atoms with van der Waals surface area (Å²) in [6.45, 7) is 0. The van der Waals surface area contributed by atoms with Gasteiger partial charge in [0, 0.05) is 11.5 Å². The van der Waals surface area contributed by atoms with Crippen molar-refractivity contribution in [3.05, 3.63) is 22.8 Å². The lowest BCUT2D eigenvalue weighted by atomic mass is 10.3. The second-order valence-electron chi connectivity index (χ2n) is 3.64. The molecule has 0 atom stereocenters. The summed E-state index contributed by atoms with van der Waals surface area (Å²) in [4.78, 5) is 4.33. The predicted molar refractivity (Wildman–Crippen MR) is 66.1 cm³/mol. The minimum Gasteiger partial charge on any atom is -0.432 e. The lowest BCUT2D eigenvalue weighted by molar-refractivity contribution is 0.617. The van der Waals surface area contributed by atoms with Gasteiger partial charge in [-0.2, -0.15) is 0 Å². The molecule has 0 aliphatic heterocycles. The van der Waals surface area contributed by atoms with Gasteiger partial charge < -0.3 is 10.2 Å². The molecule has 0 saturated heterocycles. The number of halogens is 1. The van der Waals surface area contributed by atoms with E-state index >= 15 is 0 Å². The van der Waals surface area contributed by atoms with Gasteiger partial charge >= 0.3 is 0 Å². The van der Waals surface area contributed by atoms with E-state index in [1.54, 1.807) is 24.0 Å². The Morgan fingerprint density at radius 3 is 2.94 bits per heavy atom. The molecule has 0 saturated carbocycles. The Hall–Kier alpha value is -1.89. The molecule has 6 nitrogen and oxygen atoms in total. The van der Waals surface area contributed by atoms with Crippen LogP contribution in [0.2, 0.25) is 0 Å². The maximum absolute atomic E-state index is 5.85. The van der Waals surface area contributed by atoms with Crippen LogP contribution in [0, 0.1) is 0 Å². The van der Waals surface area contributed by atoms with Crippen molar-refractivity contribution in [3.8, 4) is 11.6 Å². The molecular formula is C10H8BrN5O. The summed E-state index contributed by atoms with van der Waals surface area (Å²) in [5.41, 5.74) is 8.23. The van der Waals surface area contributed by atoms with Crippen LogP contribution in [-0.4, -0.2) is 20.0 Å². The van der Waals surface area contributed by atoms with Gasteiger partial charge in [-0.25, -0.2) is 4.98 Å². The Labute approximate surface area is 105 Å². The summed E-state index contributed by atoms with van der Waals surface area (Å²) in [6, 6.07) is 3.61. The molecule has 3 aromatic rings. The lowest BCUT2D eigenvalue weighted by Crippen LogP contribution is -1.85. The molecule has 2 heterocycles. The molecule has 0 unspecified atom stereocenters. The third-order valence-corrected chi connectivity index (χ3v) is 2.76. The molecule has 0 fully saturated rings. The zero-order valence-corrected chi connectivity index (χ0v) is 10.5. The number of oxazole rings is 1. The van der Waals surface area contributed by atoms with Crippen LogP contribution < -0.4 is 5.73 Å². The highest BCUT2D eigenvalue weighted by Gasteiger charge is 2.13. The van der Waals surface area contributed by atoms with Gasteiger partial charge in [-0.1, -0.05) is 21.1 Å². The summed E-state index contributed by atoms with van der Waals surface area (Å²) < 4.78 is 8.03. The average molecular weight is 294 g/mol. The van der Waals surface area contributed by atoms with Crippen LogP contribution in [0.5, 0.6) is 0 Å². The van der Waals surface area contributed by atoms with Crippen molar-refractivity contribution in [2.45, 2.75) is 0 Å². The van der Waals surface area contributed by atoms with E-state index in [0.717, 1.165) is 4.47 Å². The van der Waals surface area contributed by atoms with Gasteiger partial charge in [-0.05, 0) is 12.1 Å². The van der Waals surface area contributed by atoms with E-state index in [9.17, 15) is 0 Å². The van der Waals surface area contributed by atoms with E-state index in [4.69, 9.17) is 10.2 Å². The fraction of sp³-hybridized carbons (Fsp3) is 0.100. The molecule has 0 spiro atoms. The zero-order valence-electron chi connectivity index (χ0n) is 8.88. The Bertz CT molecular complexity index is 702. The molecule has 3 rings (SSSR count). The molecule has 0 amide bonds. The van der Waals surface area contributed by atoms with Crippen molar-refractivity contribution in [2.24, 2.45) is 7.05 Å². The number of aryl methyl sites for hydroxylation is 1. The highest BCUT2D eigenvalue weighted by atomic mass is 79.9. The van der Waals surface area contributed by atoms with Crippen molar-refractivity contribution >= 4 is 32.7 Å². The molecule has 0 bridgehead atoms.